The predicted molar refractivity (Wildman–Crippen MR) is 137 cm³/mol. The highest BCUT2D eigenvalue weighted by Crippen LogP contribution is 2.31. The molecule has 1 amide bonds. The molecular formula is C23H17BrCl2N4O3S. The van der Waals surface area contributed by atoms with Gasteiger partial charge in [0.1, 0.15) is 10.4 Å². The number of nitrogens with one attached hydrogen (secondary N) is 2. The molecule has 0 aliphatic carbocycles. The van der Waals surface area contributed by atoms with E-state index in [0.717, 1.165) is 0 Å². The number of benzene rings is 3. The minimum Gasteiger partial charge on any atom is -0.345 e. The van der Waals surface area contributed by atoms with Crippen molar-refractivity contribution in [1.29, 1.82) is 0 Å². The maximum absolute atomic E-state index is 13.3. The Balaban J connectivity index is 1.67. The predicted octanol–water partition coefficient (Wildman–Crippen LogP) is 5.99. The molecule has 0 spiro atoms. The first-order valence-corrected chi connectivity index (χ1v) is 13.0. The van der Waals surface area contributed by atoms with Gasteiger partial charge in [0.15, 0.2) is 0 Å². The van der Waals surface area contributed by atoms with Crippen LogP contribution in [0.1, 0.15) is 28.9 Å². The second-order valence-electron chi connectivity index (χ2n) is 7.31. The Hall–Kier alpha value is -2.72. The second kappa shape index (κ2) is 9.87. The molecule has 34 heavy (non-hydrogen) atoms. The average Bonchev–Trinajstić information content (AvgIpc) is 2.80. The number of aromatic nitrogens is 2. The standard InChI is InChI=1S/C23H17BrCl2N4O3S/c1-13(15-4-2-5-17(25)21(15)26)29-23(31)16-9-8-14(24)12-19(16)30-34(32,33)20-7-3-6-18-22(20)28-11-10-27-18/h2-13,30H,1H3,(H,29,31). The van der Waals surface area contributed by atoms with Gasteiger partial charge in [0, 0.05) is 16.9 Å². The SMILES string of the molecule is CC(NC(=O)c1ccc(Br)cc1NS(=O)(=O)c1cccc2nccnc12)c1cccc(Cl)c1Cl. The molecule has 4 rings (SSSR count). The van der Waals surface area contributed by atoms with Gasteiger partial charge in [-0.05, 0) is 48.9 Å². The van der Waals surface area contributed by atoms with Crippen LogP contribution in [0.3, 0.4) is 0 Å². The molecule has 1 unspecified atom stereocenters. The Morgan fingerprint density at radius 1 is 1.03 bits per heavy atom. The lowest BCUT2D eigenvalue weighted by Gasteiger charge is -2.18. The van der Waals surface area contributed by atoms with Gasteiger partial charge in [-0.3, -0.25) is 19.5 Å². The lowest BCUT2D eigenvalue weighted by Crippen LogP contribution is -2.28. The summed E-state index contributed by atoms with van der Waals surface area (Å²) in [4.78, 5) is 21.4. The molecule has 1 heterocycles. The number of carbonyl (C=O) groups is 1. The summed E-state index contributed by atoms with van der Waals surface area (Å²) >= 11 is 15.7. The van der Waals surface area contributed by atoms with Crippen LogP contribution in [0.5, 0.6) is 0 Å². The summed E-state index contributed by atoms with van der Waals surface area (Å²) in [5.74, 6) is -0.494. The lowest BCUT2D eigenvalue weighted by molar-refractivity contribution is 0.0941. The highest BCUT2D eigenvalue weighted by atomic mass is 79.9. The minimum absolute atomic E-state index is 0.0523. The zero-order valence-corrected chi connectivity index (χ0v) is 21.5. The van der Waals surface area contributed by atoms with Crippen LogP contribution in [0.4, 0.5) is 5.69 Å². The number of carbonyl (C=O) groups excluding carboxylic acids is 1. The van der Waals surface area contributed by atoms with Crippen LogP contribution in [0, 0.1) is 0 Å². The fraction of sp³-hybridized carbons (Fsp3) is 0.0870. The number of sulfonamides is 1. The summed E-state index contributed by atoms with van der Waals surface area (Å²) in [7, 11) is -4.10. The van der Waals surface area contributed by atoms with Crippen LogP contribution in [-0.4, -0.2) is 24.3 Å². The van der Waals surface area contributed by atoms with Gasteiger partial charge in [-0.25, -0.2) is 8.42 Å². The van der Waals surface area contributed by atoms with E-state index in [-0.39, 0.29) is 21.7 Å². The Morgan fingerprint density at radius 3 is 2.56 bits per heavy atom. The molecule has 0 bridgehead atoms. The van der Waals surface area contributed by atoms with E-state index in [2.05, 4.69) is 35.9 Å². The number of hydrogen-bond donors (Lipinski definition) is 2. The quantitative estimate of drug-likeness (QED) is 0.292. The van der Waals surface area contributed by atoms with E-state index in [1.165, 1.54) is 30.6 Å². The minimum atomic E-state index is -4.10. The molecule has 0 saturated heterocycles. The number of nitrogens with zero attached hydrogens (tertiary/aromatic N) is 2. The fourth-order valence-electron chi connectivity index (χ4n) is 3.39. The van der Waals surface area contributed by atoms with Crippen LogP contribution in [-0.2, 0) is 10.0 Å². The van der Waals surface area contributed by atoms with E-state index in [4.69, 9.17) is 23.2 Å². The molecule has 0 radical (unpaired) electrons. The summed E-state index contributed by atoms with van der Waals surface area (Å²) < 4.78 is 29.6. The smallest absolute Gasteiger partial charge is 0.264 e. The van der Waals surface area contributed by atoms with E-state index in [0.29, 0.717) is 25.6 Å². The van der Waals surface area contributed by atoms with Gasteiger partial charge >= 0.3 is 0 Å². The maximum Gasteiger partial charge on any atom is 0.264 e. The Morgan fingerprint density at radius 2 is 1.76 bits per heavy atom. The molecule has 1 aromatic heterocycles. The number of halogens is 3. The van der Waals surface area contributed by atoms with E-state index in [9.17, 15) is 13.2 Å². The number of para-hydroxylation sites is 1. The average molecular weight is 580 g/mol. The Kier molecular flexibility index (Phi) is 7.09. The maximum atomic E-state index is 13.3. The van der Waals surface area contributed by atoms with Crippen molar-refractivity contribution in [3.8, 4) is 0 Å². The largest absolute Gasteiger partial charge is 0.345 e. The van der Waals surface area contributed by atoms with Crippen molar-refractivity contribution < 1.29 is 13.2 Å². The number of anilines is 1. The first kappa shape index (κ1) is 24.4. The summed E-state index contributed by atoms with van der Waals surface area (Å²) in [5, 5.41) is 3.55. The van der Waals surface area contributed by atoms with Gasteiger partial charge < -0.3 is 5.32 Å². The third-order valence-electron chi connectivity index (χ3n) is 5.02. The van der Waals surface area contributed by atoms with Crippen molar-refractivity contribution >= 4 is 71.8 Å². The van der Waals surface area contributed by atoms with E-state index >= 15 is 0 Å². The van der Waals surface area contributed by atoms with Crippen molar-refractivity contribution in [2.24, 2.45) is 0 Å². The molecule has 1 atom stereocenters. The molecule has 0 aliphatic rings. The van der Waals surface area contributed by atoms with Gasteiger partial charge in [0.05, 0.1) is 32.9 Å². The van der Waals surface area contributed by atoms with Crippen molar-refractivity contribution in [3.63, 3.8) is 0 Å². The third-order valence-corrected chi connectivity index (χ3v) is 7.74. The normalized spacial score (nSPS) is 12.4. The van der Waals surface area contributed by atoms with Gasteiger partial charge in [-0.2, -0.15) is 0 Å². The topological polar surface area (TPSA) is 101 Å². The van der Waals surface area contributed by atoms with Crippen LogP contribution in [0.25, 0.3) is 11.0 Å². The van der Waals surface area contributed by atoms with Crippen molar-refractivity contribution in [1.82, 2.24) is 15.3 Å². The number of amides is 1. The zero-order valence-electron chi connectivity index (χ0n) is 17.6. The molecular weight excluding hydrogens is 563 g/mol. The van der Waals surface area contributed by atoms with Crippen molar-refractivity contribution in [3.05, 3.63) is 92.6 Å². The van der Waals surface area contributed by atoms with Crippen molar-refractivity contribution in [2.75, 3.05) is 4.72 Å². The van der Waals surface area contributed by atoms with Gasteiger partial charge in [0.2, 0.25) is 0 Å². The van der Waals surface area contributed by atoms with Crippen molar-refractivity contribution in [2.45, 2.75) is 17.9 Å². The highest BCUT2D eigenvalue weighted by molar-refractivity contribution is 9.10. The molecule has 3 aromatic carbocycles. The second-order valence-corrected chi connectivity index (χ2v) is 10.7. The van der Waals surface area contributed by atoms with Gasteiger partial charge in [-0.15, -0.1) is 0 Å². The number of fused-ring (bicyclic) bond motifs is 1. The van der Waals surface area contributed by atoms with E-state index in [1.54, 1.807) is 43.3 Å². The molecule has 7 nitrogen and oxygen atoms in total. The van der Waals surface area contributed by atoms with Crippen LogP contribution < -0.4 is 10.0 Å². The number of hydrogen-bond acceptors (Lipinski definition) is 5. The fourth-order valence-corrected chi connectivity index (χ4v) is 5.46. The van der Waals surface area contributed by atoms with Crippen LogP contribution in [0.15, 0.2) is 76.4 Å². The molecule has 2 N–H and O–H groups in total. The Labute approximate surface area is 214 Å². The molecule has 0 saturated carbocycles. The summed E-state index contributed by atoms with van der Waals surface area (Å²) in [5.41, 5.74) is 1.52. The highest BCUT2D eigenvalue weighted by Gasteiger charge is 2.23. The van der Waals surface area contributed by atoms with Crippen LogP contribution >= 0.6 is 39.1 Å². The third kappa shape index (κ3) is 5.02. The zero-order chi connectivity index (χ0) is 24.5. The number of rotatable bonds is 6. The lowest BCUT2D eigenvalue weighted by atomic mass is 10.1. The molecule has 0 fully saturated rings. The summed E-state index contributed by atoms with van der Waals surface area (Å²) in [6, 6.07) is 14.0. The van der Waals surface area contributed by atoms with E-state index in [1.807, 2.05) is 0 Å². The monoisotopic (exact) mass is 578 g/mol. The summed E-state index contributed by atoms with van der Waals surface area (Å²) in [6.07, 6.45) is 2.90. The van der Waals surface area contributed by atoms with Gasteiger partial charge in [0.25, 0.3) is 15.9 Å². The molecule has 0 aliphatic heterocycles. The molecule has 174 valence electrons. The summed E-state index contributed by atoms with van der Waals surface area (Å²) in [6.45, 7) is 1.76. The Bertz CT molecular complexity index is 1510. The first-order valence-electron chi connectivity index (χ1n) is 9.94. The molecule has 4 aromatic rings. The molecule has 11 heteroatoms. The first-order chi connectivity index (χ1) is 16.2. The van der Waals surface area contributed by atoms with Crippen LogP contribution in [0.2, 0.25) is 10.0 Å². The van der Waals surface area contributed by atoms with Gasteiger partial charge in [-0.1, -0.05) is 57.3 Å². The van der Waals surface area contributed by atoms with E-state index < -0.39 is 22.0 Å².